The van der Waals surface area contributed by atoms with Crippen LogP contribution in [-0.4, -0.2) is 11.0 Å². The van der Waals surface area contributed by atoms with Gasteiger partial charge in [0.2, 0.25) is 0 Å². The number of para-hydroxylation sites is 1. The minimum absolute atomic E-state index is 0.00314. The molecule has 2 atom stereocenters. The summed E-state index contributed by atoms with van der Waals surface area (Å²) in [4.78, 5) is 3.36. The lowest BCUT2D eigenvalue weighted by atomic mass is 9.93. The van der Waals surface area contributed by atoms with Crippen molar-refractivity contribution < 1.29 is 0 Å². The highest BCUT2D eigenvalue weighted by atomic mass is 15.0. The molecule has 1 aromatic heterocycles. The first-order chi connectivity index (χ1) is 12.7. The van der Waals surface area contributed by atoms with E-state index in [9.17, 15) is 0 Å². The van der Waals surface area contributed by atoms with Crippen molar-refractivity contribution in [1.82, 2.24) is 15.6 Å². The van der Waals surface area contributed by atoms with Gasteiger partial charge in [-0.1, -0.05) is 55.1 Å². The maximum atomic E-state index is 4.46. The quantitative estimate of drug-likeness (QED) is 0.617. The molecule has 26 heavy (non-hydrogen) atoms. The van der Waals surface area contributed by atoms with Crippen molar-refractivity contribution in [2.75, 3.05) is 0 Å². The fraction of sp³-hybridized carbons (Fsp3) is 0.130. The van der Waals surface area contributed by atoms with E-state index in [1.54, 1.807) is 0 Å². The van der Waals surface area contributed by atoms with Gasteiger partial charge in [0, 0.05) is 34.4 Å². The third-order valence-electron chi connectivity index (χ3n) is 4.78. The van der Waals surface area contributed by atoms with Gasteiger partial charge in [-0.05, 0) is 42.5 Å². The topological polar surface area (TPSA) is 39.9 Å². The normalized spacial score (nSPS) is 17.4. The predicted molar refractivity (Wildman–Crippen MR) is 109 cm³/mol. The van der Waals surface area contributed by atoms with Crippen LogP contribution in [0.1, 0.15) is 24.1 Å². The Morgan fingerprint density at radius 1 is 1.08 bits per heavy atom. The Morgan fingerprint density at radius 3 is 2.65 bits per heavy atom. The van der Waals surface area contributed by atoms with E-state index < -0.39 is 0 Å². The number of aromatic amines is 1. The SMILES string of the molecule is C=C(c1c[nH]c2ccccc12)C(NC1=CC(C)NC=C1)c1ccccc1. The molecule has 1 aliphatic rings. The molecule has 3 aromatic rings. The van der Waals surface area contributed by atoms with Crippen LogP contribution in [0.2, 0.25) is 0 Å². The van der Waals surface area contributed by atoms with Crippen LogP contribution >= 0.6 is 0 Å². The molecular formula is C23H23N3. The number of fused-ring (bicyclic) bond motifs is 1. The number of aromatic nitrogens is 1. The summed E-state index contributed by atoms with van der Waals surface area (Å²) in [5, 5.41) is 8.16. The van der Waals surface area contributed by atoms with Crippen molar-refractivity contribution in [1.29, 1.82) is 0 Å². The predicted octanol–water partition coefficient (Wildman–Crippen LogP) is 4.90. The van der Waals surface area contributed by atoms with E-state index in [4.69, 9.17) is 0 Å². The summed E-state index contributed by atoms with van der Waals surface area (Å²) in [6.45, 7) is 6.60. The van der Waals surface area contributed by atoms with E-state index in [0.717, 1.165) is 22.4 Å². The highest BCUT2D eigenvalue weighted by molar-refractivity contribution is 5.93. The second-order valence-corrected chi connectivity index (χ2v) is 6.67. The molecule has 2 aromatic carbocycles. The molecule has 0 amide bonds. The monoisotopic (exact) mass is 341 g/mol. The lowest BCUT2D eigenvalue weighted by molar-refractivity contribution is 0.696. The molecule has 2 unspecified atom stereocenters. The van der Waals surface area contributed by atoms with Crippen molar-refractivity contribution in [3.63, 3.8) is 0 Å². The van der Waals surface area contributed by atoms with E-state index in [1.165, 1.54) is 10.9 Å². The number of hydrogen-bond donors (Lipinski definition) is 3. The number of allylic oxidation sites excluding steroid dienone is 1. The van der Waals surface area contributed by atoms with E-state index in [0.29, 0.717) is 6.04 Å². The Bertz CT molecular complexity index is 979. The number of nitrogens with one attached hydrogen (secondary N) is 3. The van der Waals surface area contributed by atoms with Gasteiger partial charge in [0.15, 0.2) is 0 Å². The Balaban J connectivity index is 1.73. The molecule has 4 rings (SSSR count). The molecule has 0 spiro atoms. The number of rotatable bonds is 5. The highest BCUT2D eigenvalue weighted by Crippen LogP contribution is 2.34. The van der Waals surface area contributed by atoms with Crippen LogP contribution in [0.4, 0.5) is 0 Å². The summed E-state index contributed by atoms with van der Waals surface area (Å²) in [6.07, 6.45) is 8.31. The molecule has 3 nitrogen and oxygen atoms in total. The van der Waals surface area contributed by atoms with E-state index >= 15 is 0 Å². The first-order valence-corrected chi connectivity index (χ1v) is 8.93. The zero-order chi connectivity index (χ0) is 17.9. The first kappa shape index (κ1) is 16.3. The summed E-state index contributed by atoms with van der Waals surface area (Å²) in [5.41, 5.74) is 5.63. The van der Waals surface area contributed by atoms with Crippen LogP contribution in [-0.2, 0) is 0 Å². The second-order valence-electron chi connectivity index (χ2n) is 6.67. The van der Waals surface area contributed by atoms with E-state index in [-0.39, 0.29) is 6.04 Å². The van der Waals surface area contributed by atoms with Crippen molar-refractivity contribution in [3.05, 3.63) is 103 Å². The molecule has 0 saturated carbocycles. The molecule has 3 N–H and O–H groups in total. The minimum atomic E-state index is -0.00314. The highest BCUT2D eigenvalue weighted by Gasteiger charge is 2.20. The van der Waals surface area contributed by atoms with Crippen molar-refractivity contribution in [2.45, 2.75) is 19.0 Å². The molecule has 0 radical (unpaired) electrons. The molecule has 3 heteroatoms. The molecule has 1 aliphatic heterocycles. The summed E-state index contributed by atoms with van der Waals surface area (Å²) >= 11 is 0. The molecule has 2 heterocycles. The van der Waals surface area contributed by atoms with E-state index in [2.05, 4.69) is 89.9 Å². The number of hydrogen-bond acceptors (Lipinski definition) is 2. The zero-order valence-corrected chi connectivity index (χ0v) is 14.9. The lowest BCUT2D eigenvalue weighted by Gasteiger charge is -2.25. The third-order valence-corrected chi connectivity index (χ3v) is 4.78. The second kappa shape index (κ2) is 6.96. The lowest BCUT2D eigenvalue weighted by Crippen LogP contribution is -2.27. The molecule has 130 valence electrons. The Morgan fingerprint density at radius 2 is 1.85 bits per heavy atom. The number of H-pyrrole nitrogens is 1. The number of dihydropyridines is 1. The number of benzene rings is 2. The van der Waals surface area contributed by atoms with Gasteiger partial charge in [-0.3, -0.25) is 0 Å². The summed E-state index contributed by atoms with van der Waals surface area (Å²) in [6, 6.07) is 19.1. The Hall–Kier alpha value is -3.20. The summed E-state index contributed by atoms with van der Waals surface area (Å²) in [5.74, 6) is 0. The van der Waals surface area contributed by atoms with Gasteiger partial charge in [0.25, 0.3) is 0 Å². The van der Waals surface area contributed by atoms with Crippen LogP contribution in [0.15, 0.2) is 91.4 Å². The first-order valence-electron chi connectivity index (χ1n) is 8.93. The average molecular weight is 341 g/mol. The molecule has 0 aliphatic carbocycles. The Labute approximate surface area is 154 Å². The van der Waals surface area contributed by atoms with Gasteiger partial charge < -0.3 is 15.6 Å². The van der Waals surface area contributed by atoms with Crippen LogP contribution in [0.3, 0.4) is 0 Å². The standard InChI is InChI=1S/C23H23N3/c1-16-14-19(12-13-24-16)26-23(18-8-4-3-5-9-18)17(2)21-15-25-22-11-7-6-10-20(21)22/h3-16,23-26H,2H2,1H3. The van der Waals surface area contributed by atoms with Gasteiger partial charge in [-0.2, -0.15) is 0 Å². The average Bonchev–Trinajstić information content (AvgIpc) is 3.10. The van der Waals surface area contributed by atoms with Crippen LogP contribution in [0.5, 0.6) is 0 Å². The van der Waals surface area contributed by atoms with Crippen molar-refractivity contribution in [3.8, 4) is 0 Å². The molecule has 0 fully saturated rings. The van der Waals surface area contributed by atoms with Gasteiger partial charge >= 0.3 is 0 Å². The maximum Gasteiger partial charge on any atom is 0.0768 e. The fourth-order valence-electron chi connectivity index (χ4n) is 3.44. The van der Waals surface area contributed by atoms with Crippen LogP contribution < -0.4 is 10.6 Å². The minimum Gasteiger partial charge on any atom is -0.385 e. The van der Waals surface area contributed by atoms with Crippen molar-refractivity contribution >= 4 is 16.5 Å². The van der Waals surface area contributed by atoms with Crippen LogP contribution in [0, 0.1) is 0 Å². The van der Waals surface area contributed by atoms with E-state index in [1.807, 2.05) is 18.3 Å². The third kappa shape index (κ3) is 3.16. The summed E-state index contributed by atoms with van der Waals surface area (Å²) < 4.78 is 0. The molecule has 0 saturated heterocycles. The van der Waals surface area contributed by atoms with Gasteiger partial charge in [0.05, 0.1) is 6.04 Å². The molecule has 0 bridgehead atoms. The maximum absolute atomic E-state index is 4.46. The zero-order valence-electron chi connectivity index (χ0n) is 14.9. The van der Waals surface area contributed by atoms with Gasteiger partial charge in [-0.15, -0.1) is 0 Å². The van der Waals surface area contributed by atoms with Crippen LogP contribution in [0.25, 0.3) is 16.5 Å². The van der Waals surface area contributed by atoms with Gasteiger partial charge in [0.1, 0.15) is 0 Å². The van der Waals surface area contributed by atoms with Gasteiger partial charge in [-0.25, -0.2) is 0 Å². The smallest absolute Gasteiger partial charge is 0.0768 e. The van der Waals surface area contributed by atoms with Crippen molar-refractivity contribution in [2.24, 2.45) is 0 Å². The summed E-state index contributed by atoms with van der Waals surface area (Å²) in [7, 11) is 0. The molecular weight excluding hydrogens is 318 g/mol. The Kier molecular flexibility index (Phi) is 4.36. The fourth-order valence-corrected chi connectivity index (χ4v) is 3.44. The largest absolute Gasteiger partial charge is 0.385 e.